The molecule has 3 rings (SSSR count). The fourth-order valence-corrected chi connectivity index (χ4v) is 2.16. The Labute approximate surface area is 246 Å². The van der Waals surface area contributed by atoms with Gasteiger partial charge in [0.25, 0.3) is 0 Å². The average molecular weight is 571 g/mol. The van der Waals surface area contributed by atoms with Crippen LogP contribution in [0.15, 0.2) is 72.8 Å². The van der Waals surface area contributed by atoms with Crippen LogP contribution in [0.5, 0.6) is 11.5 Å². The van der Waals surface area contributed by atoms with Gasteiger partial charge in [-0.3, -0.25) is 0 Å². The van der Waals surface area contributed by atoms with E-state index in [2.05, 4.69) is 9.69 Å². The number of ether oxygens (including phenoxy) is 2. The molecule has 0 amide bonds. The van der Waals surface area contributed by atoms with Crippen molar-refractivity contribution >= 4 is 17.3 Å². The van der Waals surface area contributed by atoms with Crippen LogP contribution in [0, 0.1) is 19.0 Å². The third-order valence-electron chi connectivity index (χ3n) is 3.64. The number of halogens is 1. The fourth-order valence-electron chi connectivity index (χ4n) is 2.16. The van der Waals surface area contributed by atoms with Gasteiger partial charge in [-0.2, -0.15) is 0 Å². The molecule has 0 fully saturated rings. The Morgan fingerprint density at radius 1 is 0.683 bits per heavy atom. The zero-order valence-electron chi connectivity index (χ0n) is 25.9. The number of carbonyl (C=O) groups is 1. The number of carboxylic acid groups (broad SMARTS) is 1. The predicted octanol–water partition coefficient (Wildman–Crippen LogP) is 9.87. The topological polar surface area (TPSA) is 84.7 Å². The standard InChI is InChI=1S/C9H9NO.C9H10O3.C7H4FN.C2H6O.3C2H6/c1-3-11-9-6-4-8(10-2)5-7-9;1-2-12-8-5-3-7(4-6-8)9(10)11;1-9-7-4-2-6(8)3-5-7;1-2-3;3*1-2/h4-7H,3H2,1H3;3-6H,2H2,1H3,(H,10,11);2-5H;3H,2H2,1H3;3*1-2H3. The summed E-state index contributed by atoms with van der Waals surface area (Å²) in [4.78, 5) is 16.8. The molecule has 0 heterocycles. The molecule has 0 bridgehead atoms. The first-order valence-corrected chi connectivity index (χ1v) is 13.6. The molecule has 2 N–H and O–H groups in total. The van der Waals surface area contributed by atoms with Crippen molar-refractivity contribution in [3.63, 3.8) is 0 Å². The number of aliphatic hydroxyl groups is 1. The first kappa shape index (κ1) is 43.6. The van der Waals surface area contributed by atoms with Crippen LogP contribution in [-0.2, 0) is 0 Å². The quantitative estimate of drug-likeness (QED) is 0.298. The van der Waals surface area contributed by atoms with Gasteiger partial charge in [-0.25, -0.2) is 18.9 Å². The minimum atomic E-state index is -0.918. The summed E-state index contributed by atoms with van der Waals surface area (Å²) in [7, 11) is 0. The Balaban J connectivity index is -0.000000220. The van der Waals surface area contributed by atoms with E-state index in [0.717, 1.165) is 5.75 Å². The van der Waals surface area contributed by atoms with Crippen LogP contribution in [0.25, 0.3) is 9.69 Å². The molecule has 8 heteroatoms. The van der Waals surface area contributed by atoms with Gasteiger partial charge in [0, 0.05) is 6.61 Å². The third-order valence-corrected chi connectivity index (χ3v) is 3.64. The Kier molecular flexibility index (Phi) is 35.8. The van der Waals surface area contributed by atoms with Gasteiger partial charge in [-0.1, -0.05) is 65.8 Å². The van der Waals surface area contributed by atoms with E-state index in [1.165, 1.54) is 36.4 Å². The molecule has 0 aliphatic rings. The van der Waals surface area contributed by atoms with Crippen molar-refractivity contribution in [1.82, 2.24) is 0 Å². The fraction of sp³-hybridized carbons (Fsp3) is 0.364. The van der Waals surface area contributed by atoms with Gasteiger partial charge in [-0.15, -0.1) is 0 Å². The molecule has 226 valence electrons. The van der Waals surface area contributed by atoms with Crippen molar-refractivity contribution in [2.45, 2.75) is 62.3 Å². The lowest BCUT2D eigenvalue weighted by atomic mass is 10.2. The van der Waals surface area contributed by atoms with Crippen LogP contribution < -0.4 is 9.47 Å². The largest absolute Gasteiger partial charge is 0.494 e. The summed E-state index contributed by atoms with van der Waals surface area (Å²) in [6, 6.07) is 18.9. The summed E-state index contributed by atoms with van der Waals surface area (Å²) < 4.78 is 22.5. The Hall–Kier alpha value is -4.40. The highest BCUT2D eigenvalue weighted by Gasteiger charge is 2.00. The van der Waals surface area contributed by atoms with Gasteiger partial charge < -0.3 is 19.7 Å². The monoisotopic (exact) mass is 570 g/mol. The molecule has 0 spiro atoms. The molecule has 3 aromatic rings. The van der Waals surface area contributed by atoms with Crippen molar-refractivity contribution in [1.29, 1.82) is 0 Å². The highest BCUT2D eigenvalue weighted by Crippen LogP contribution is 2.17. The molecule has 0 radical (unpaired) electrons. The van der Waals surface area contributed by atoms with Crippen molar-refractivity contribution in [3.05, 3.63) is 107 Å². The maximum atomic E-state index is 12.1. The second-order valence-corrected chi connectivity index (χ2v) is 6.21. The zero-order valence-corrected chi connectivity index (χ0v) is 25.9. The van der Waals surface area contributed by atoms with E-state index >= 15 is 0 Å². The molecule has 41 heavy (non-hydrogen) atoms. The number of aliphatic hydroxyl groups excluding tert-OH is 1. The lowest BCUT2D eigenvalue weighted by molar-refractivity contribution is 0.0697. The predicted molar refractivity (Wildman–Crippen MR) is 168 cm³/mol. The van der Waals surface area contributed by atoms with Crippen LogP contribution in [0.4, 0.5) is 15.8 Å². The van der Waals surface area contributed by atoms with Crippen LogP contribution in [0.1, 0.15) is 72.7 Å². The van der Waals surface area contributed by atoms with Crippen LogP contribution in [0.3, 0.4) is 0 Å². The average Bonchev–Trinajstić information content (AvgIpc) is 3.03. The summed E-state index contributed by atoms with van der Waals surface area (Å²) >= 11 is 0. The number of rotatable bonds is 5. The van der Waals surface area contributed by atoms with E-state index < -0.39 is 5.97 Å². The first-order valence-electron chi connectivity index (χ1n) is 13.6. The van der Waals surface area contributed by atoms with E-state index in [1.807, 2.05) is 55.4 Å². The number of hydrogen-bond donors (Lipinski definition) is 2. The van der Waals surface area contributed by atoms with E-state index in [9.17, 15) is 9.18 Å². The van der Waals surface area contributed by atoms with E-state index in [-0.39, 0.29) is 18.0 Å². The molecule has 0 saturated carbocycles. The van der Waals surface area contributed by atoms with Gasteiger partial charge in [0.05, 0.1) is 31.9 Å². The highest BCUT2D eigenvalue weighted by atomic mass is 19.1. The van der Waals surface area contributed by atoms with Crippen LogP contribution in [-0.4, -0.2) is 36.0 Å². The van der Waals surface area contributed by atoms with Crippen LogP contribution >= 0.6 is 0 Å². The zero-order chi connectivity index (χ0) is 32.5. The molecular formula is C33H47FN2O5. The SMILES string of the molecule is CC.CC.CC.CCO.CCOc1ccc(C(=O)O)cc1.[C-]#[N+]c1ccc(F)cc1.[C-]#[N+]c1ccc(OCC)cc1. The van der Waals surface area contributed by atoms with E-state index in [1.54, 1.807) is 43.3 Å². The van der Waals surface area contributed by atoms with Crippen molar-refractivity contribution in [2.75, 3.05) is 19.8 Å². The Morgan fingerprint density at radius 2 is 0.976 bits per heavy atom. The lowest BCUT2D eigenvalue weighted by Gasteiger charge is -2.01. The molecule has 0 aliphatic heterocycles. The number of nitrogens with zero attached hydrogens (tertiary/aromatic N) is 2. The minimum Gasteiger partial charge on any atom is -0.494 e. The third kappa shape index (κ3) is 25.6. The Bertz CT molecular complexity index is 1060. The van der Waals surface area contributed by atoms with Gasteiger partial charge in [0.2, 0.25) is 0 Å². The summed E-state index contributed by atoms with van der Waals surface area (Å²) in [6.07, 6.45) is 0. The van der Waals surface area contributed by atoms with Crippen LogP contribution in [0.2, 0.25) is 0 Å². The van der Waals surface area contributed by atoms with Crippen molar-refractivity contribution in [2.24, 2.45) is 0 Å². The van der Waals surface area contributed by atoms with Gasteiger partial charge in [0.15, 0.2) is 11.4 Å². The minimum absolute atomic E-state index is 0.250. The molecule has 7 nitrogen and oxygen atoms in total. The molecule has 0 atom stereocenters. The van der Waals surface area contributed by atoms with Crippen molar-refractivity contribution in [3.8, 4) is 11.5 Å². The number of benzene rings is 3. The second kappa shape index (κ2) is 33.6. The van der Waals surface area contributed by atoms with Gasteiger partial charge >= 0.3 is 5.97 Å². The summed E-state index contributed by atoms with van der Waals surface area (Å²) in [5, 5.41) is 16.1. The molecular weight excluding hydrogens is 523 g/mol. The molecule has 0 aliphatic carbocycles. The smallest absolute Gasteiger partial charge is 0.335 e. The van der Waals surface area contributed by atoms with Crippen molar-refractivity contribution < 1.29 is 28.9 Å². The maximum Gasteiger partial charge on any atom is 0.335 e. The molecule has 0 aromatic heterocycles. The van der Waals surface area contributed by atoms with Gasteiger partial charge in [0.1, 0.15) is 17.3 Å². The van der Waals surface area contributed by atoms with Gasteiger partial charge in [-0.05, 0) is 69.3 Å². The summed E-state index contributed by atoms with van der Waals surface area (Å²) in [5.74, 6) is 0.294. The summed E-state index contributed by atoms with van der Waals surface area (Å²) in [5.41, 5.74) is 1.39. The van der Waals surface area contributed by atoms with E-state index in [0.29, 0.717) is 30.3 Å². The highest BCUT2D eigenvalue weighted by molar-refractivity contribution is 5.87. The molecule has 0 unspecified atom stereocenters. The molecule has 3 aromatic carbocycles. The normalized spacial score (nSPS) is 7.83. The lowest BCUT2D eigenvalue weighted by Crippen LogP contribution is -1.96. The maximum absolute atomic E-state index is 12.1. The summed E-state index contributed by atoms with van der Waals surface area (Å²) in [6.45, 7) is 32.2. The Morgan fingerprint density at radius 3 is 1.24 bits per heavy atom. The number of carboxylic acids is 1. The number of hydrogen-bond acceptors (Lipinski definition) is 4. The number of aromatic carboxylic acids is 1. The second-order valence-electron chi connectivity index (χ2n) is 6.21. The molecule has 0 saturated heterocycles. The van der Waals surface area contributed by atoms with E-state index in [4.69, 9.17) is 32.8 Å². The first-order chi connectivity index (χ1) is 19.8.